The first-order chi connectivity index (χ1) is 8.78. The van der Waals surface area contributed by atoms with Crippen molar-refractivity contribution >= 4 is 0 Å². The lowest BCUT2D eigenvalue weighted by Gasteiger charge is -2.21. The van der Waals surface area contributed by atoms with Crippen molar-refractivity contribution in [2.24, 2.45) is 11.7 Å². The van der Waals surface area contributed by atoms with Crippen molar-refractivity contribution in [3.8, 4) is 5.69 Å². The molecule has 0 saturated heterocycles. The molecule has 1 aromatic heterocycles. The highest BCUT2D eigenvalue weighted by molar-refractivity contribution is 5.36. The Labute approximate surface area is 105 Å². The molecule has 0 spiro atoms. The second-order valence-electron chi connectivity index (χ2n) is 4.85. The SMILES string of the molecule is NCC1CCc2c(cnn2-c2ccc(F)cc2)C1. The van der Waals surface area contributed by atoms with Gasteiger partial charge in [0.25, 0.3) is 0 Å². The summed E-state index contributed by atoms with van der Waals surface area (Å²) < 4.78 is 14.8. The van der Waals surface area contributed by atoms with Gasteiger partial charge in [0.05, 0.1) is 11.9 Å². The summed E-state index contributed by atoms with van der Waals surface area (Å²) >= 11 is 0. The normalized spacial score (nSPS) is 18.7. The summed E-state index contributed by atoms with van der Waals surface area (Å²) in [5.74, 6) is 0.353. The number of rotatable bonds is 2. The molecule has 0 radical (unpaired) electrons. The Morgan fingerprint density at radius 3 is 2.83 bits per heavy atom. The molecule has 3 nitrogen and oxygen atoms in total. The monoisotopic (exact) mass is 245 g/mol. The lowest BCUT2D eigenvalue weighted by Crippen LogP contribution is -2.22. The molecule has 0 bridgehead atoms. The zero-order valence-corrected chi connectivity index (χ0v) is 10.1. The maximum Gasteiger partial charge on any atom is 0.123 e. The number of nitrogens with two attached hydrogens (primary N) is 1. The molecule has 1 aliphatic carbocycles. The van der Waals surface area contributed by atoms with Crippen molar-refractivity contribution in [3.63, 3.8) is 0 Å². The van der Waals surface area contributed by atoms with Gasteiger partial charge >= 0.3 is 0 Å². The van der Waals surface area contributed by atoms with E-state index >= 15 is 0 Å². The van der Waals surface area contributed by atoms with Gasteiger partial charge in [0, 0.05) is 5.69 Å². The Morgan fingerprint density at radius 1 is 1.33 bits per heavy atom. The maximum atomic E-state index is 12.9. The second kappa shape index (κ2) is 4.53. The van der Waals surface area contributed by atoms with E-state index in [1.807, 2.05) is 10.9 Å². The van der Waals surface area contributed by atoms with Crippen LogP contribution in [0.15, 0.2) is 30.5 Å². The van der Waals surface area contributed by atoms with Crippen LogP contribution in [0, 0.1) is 11.7 Å². The maximum absolute atomic E-state index is 12.9. The van der Waals surface area contributed by atoms with Gasteiger partial charge in [-0.15, -0.1) is 0 Å². The summed E-state index contributed by atoms with van der Waals surface area (Å²) in [7, 11) is 0. The van der Waals surface area contributed by atoms with Crippen molar-refractivity contribution in [1.82, 2.24) is 9.78 Å². The van der Waals surface area contributed by atoms with E-state index in [0.717, 1.165) is 31.5 Å². The number of benzene rings is 1. The Hall–Kier alpha value is -1.68. The van der Waals surface area contributed by atoms with Crippen LogP contribution in [0.2, 0.25) is 0 Å². The fraction of sp³-hybridized carbons (Fsp3) is 0.357. The predicted molar refractivity (Wildman–Crippen MR) is 68.1 cm³/mol. The van der Waals surface area contributed by atoms with Crippen LogP contribution in [0.3, 0.4) is 0 Å². The molecule has 2 aromatic rings. The minimum atomic E-state index is -0.219. The molecule has 0 aliphatic heterocycles. The molecular weight excluding hydrogens is 229 g/mol. The molecule has 1 aromatic carbocycles. The Bertz CT molecular complexity index is 545. The zero-order valence-electron chi connectivity index (χ0n) is 10.1. The van der Waals surface area contributed by atoms with Crippen LogP contribution in [0.4, 0.5) is 4.39 Å². The fourth-order valence-electron chi connectivity index (χ4n) is 2.60. The molecule has 18 heavy (non-hydrogen) atoms. The third-order valence-electron chi connectivity index (χ3n) is 3.66. The molecule has 1 atom stereocenters. The van der Waals surface area contributed by atoms with E-state index in [-0.39, 0.29) is 5.82 Å². The van der Waals surface area contributed by atoms with Gasteiger partial charge < -0.3 is 5.73 Å². The molecular formula is C14H16FN3. The Morgan fingerprint density at radius 2 is 2.11 bits per heavy atom. The fourth-order valence-corrected chi connectivity index (χ4v) is 2.60. The summed E-state index contributed by atoms with van der Waals surface area (Å²) in [6.45, 7) is 0.737. The molecule has 3 rings (SSSR count). The number of fused-ring (bicyclic) bond motifs is 1. The third kappa shape index (κ3) is 1.93. The third-order valence-corrected chi connectivity index (χ3v) is 3.66. The van der Waals surface area contributed by atoms with Crippen molar-refractivity contribution in [2.45, 2.75) is 19.3 Å². The summed E-state index contributed by atoms with van der Waals surface area (Å²) in [4.78, 5) is 0. The molecule has 0 amide bonds. The van der Waals surface area contributed by atoms with Crippen LogP contribution >= 0.6 is 0 Å². The lowest BCUT2D eigenvalue weighted by molar-refractivity contribution is 0.462. The number of nitrogens with zero attached hydrogens (tertiary/aromatic N) is 2. The van der Waals surface area contributed by atoms with Gasteiger partial charge in [-0.25, -0.2) is 9.07 Å². The van der Waals surface area contributed by atoms with Gasteiger partial charge in [0.1, 0.15) is 5.82 Å². The van der Waals surface area contributed by atoms with Crippen LogP contribution in [0.25, 0.3) is 5.69 Å². The topological polar surface area (TPSA) is 43.8 Å². The minimum absolute atomic E-state index is 0.219. The van der Waals surface area contributed by atoms with Crippen molar-refractivity contribution in [3.05, 3.63) is 47.5 Å². The van der Waals surface area contributed by atoms with Crippen LogP contribution in [0.5, 0.6) is 0 Å². The number of halogens is 1. The van der Waals surface area contributed by atoms with Gasteiger partial charge in [-0.2, -0.15) is 5.10 Å². The van der Waals surface area contributed by atoms with Gasteiger partial charge in [0.15, 0.2) is 0 Å². The first-order valence-electron chi connectivity index (χ1n) is 6.29. The van der Waals surface area contributed by atoms with Gasteiger partial charge in [0.2, 0.25) is 0 Å². The number of hydrogen-bond donors (Lipinski definition) is 1. The lowest BCUT2D eigenvalue weighted by atomic mass is 9.88. The summed E-state index contributed by atoms with van der Waals surface area (Å²) in [5.41, 5.74) is 9.17. The second-order valence-corrected chi connectivity index (χ2v) is 4.85. The largest absolute Gasteiger partial charge is 0.330 e. The highest BCUT2D eigenvalue weighted by Crippen LogP contribution is 2.26. The smallest absolute Gasteiger partial charge is 0.123 e. The number of aromatic nitrogens is 2. The summed E-state index contributed by atoms with van der Waals surface area (Å²) in [5, 5.41) is 4.42. The minimum Gasteiger partial charge on any atom is -0.330 e. The van der Waals surface area contributed by atoms with Crippen LogP contribution in [-0.2, 0) is 12.8 Å². The van der Waals surface area contributed by atoms with Gasteiger partial charge in [-0.05, 0) is 61.6 Å². The van der Waals surface area contributed by atoms with Crippen molar-refractivity contribution in [2.75, 3.05) is 6.54 Å². The van der Waals surface area contributed by atoms with E-state index in [2.05, 4.69) is 5.10 Å². The Balaban J connectivity index is 1.96. The van der Waals surface area contributed by atoms with Crippen LogP contribution in [0.1, 0.15) is 17.7 Å². The first-order valence-corrected chi connectivity index (χ1v) is 6.29. The van der Waals surface area contributed by atoms with E-state index in [9.17, 15) is 4.39 Å². The standard InChI is InChI=1S/C14H16FN3/c15-12-2-4-13(5-3-12)18-14-6-1-10(8-16)7-11(14)9-17-18/h2-5,9-10H,1,6-8,16H2. The predicted octanol–water partition coefficient (Wildman–Crippen LogP) is 2.08. The average Bonchev–Trinajstić information content (AvgIpc) is 2.82. The Kier molecular flexibility index (Phi) is 2.88. The van der Waals surface area contributed by atoms with Gasteiger partial charge in [-0.3, -0.25) is 0 Å². The summed E-state index contributed by atoms with van der Waals surface area (Å²) in [6, 6.07) is 6.46. The molecule has 1 heterocycles. The van der Waals surface area contributed by atoms with E-state index in [0.29, 0.717) is 5.92 Å². The van der Waals surface area contributed by atoms with E-state index in [1.165, 1.54) is 23.4 Å². The van der Waals surface area contributed by atoms with E-state index in [1.54, 1.807) is 12.1 Å². The average molecular weight is 245 g/mol. The molecule has 0 saturated carbocycles. The molecule has 94 valence electrons. The molecule has 4 heteroatoms. The van der Waals surface area contributed by atoms with E-state index in [4.69, 9.17) is 5.73 Å². The zero-order chi connectivity index (χ0) is 12.5. The summed E-state index contributed by atoms with van der Waals surface area (Å²) in [6.07, 6.45) is 5.03. The van der Waals surface area contributed by atoms with Gasteiger partial charge in [-0.1, -0.05) is 0 Å². The molecule has 1 aliphatic rings. The molecule has 0 fully saturated rings. The van der Waals surface area contributed by atoms with Crippen molar-refractivity contribution in [1.29, 1.82) is 0 Å². The quantitative estimate of drug-likeness (QED) is 0.880. The first kappa shape index (κ1) is 11.4. The van der Waals surface area contributed by atoms with E-state index < -0.39 is 0 Å². The highest BCUT2D eigenvalue weighted by Gasteiger charge is 2.21. The van der Waals surface area contributed by atoms with Crippen LogP contribution < -0.4 is 5.73 Å². The molecule has 1 unspecified atom stereocenters. The molecule has 2 N–H and O–H groups in total. The highest BCUT2D eigenvalue weighted by atomic mass is 19.1. The number of hydrogen-bond acceptors (Lipinski definition) is 2. The van der Waals surface area contributed by atoms with Crippen molar-refractivity contribution < 1.29 is 4.39 Å². The van der Waals surface area contributed by atoms with Crippen LogP contribution in [-0.4, -0.2) is 16.3 Å².